The van der Waals surface area contributed by atoms with Gasteiger partial charge in [0.15, 0.2) is 5.75 Å². The molecule has 0 aliphatic heterocycles. The highest BCUT2D eigenvalue weighted by atomic mass is 79.9. The Balaban J connectivity index is 2.15. The Kier molecular flexibility index (Phi) is 5.00. The van der Waals surface area contributed by atoms with Crippen LogP contribution in [0.1, 0.15) is 5.56 Å². The van der Waals surface area contributed by atoms with Crippen molar-refractivity contribution in [1.29, 1.82) is 0 Å². The standard InChI is InChI=1S/C14H10BrClF3NO/c15-10-4-5-12(13(7-10)21-14(17,18)19)20-8-9-2-1-3-11(16)6-9/h1-7,20H,8H2. The summed E-state index contributed by atoms with van der Waals surface area (Å²) in [5.41, 5.74) is 1.10. The lowest BCUT2D eigenvalue weighted by Gasteiger charge is -2.15. The van der Waals surface area contributed by atoms with Crippen LogP contribution in [0, 0.1) is 0 Å². The van der Waals surface area contributed by atoms with Gasteiger partial charge in [0.25, 0.3) is 0 Å². The molecule has 0 amide bonds. The number of ether oxygens (including phenoxy) is 1. The zero-order valence-corrected chi connectivity index (χ0v) is 12.9. The third-order valence-electron chi connectivity index (χ3n) is 2.54. The number of benzene rings is 2. The topological polar surface area (TPSA) is 21.3 Å². The molecule has 0 spiro atoms. The fourth-order valence-electron chi connectivity index (χ4n) is 1.70. The Morgan fingerprint density at radius 2 is 1.90 bits per heavy atom. The Labute approximate surface area is 133 Å². The SMILES string of the molecule is FC(F)(F)Oc1cc(Br)ccc1NCc1cccc(Cl)c1. The maximum atomic E-state index is 12.4. The van der Waals surface area contributed by atoms with Gasteiger partial charge in [0.2, 0.25) is 0 Å². The van der Waals surface area contributed by atoms with Gasteiger partial charge in [-0.3, -0.25) is 0 Å². The molecule has 0 atom stereocenters. The van der Waals surface area contributed by atoms with Crippen molar-refractivity contribution in [3.63, 3.8) is 0 Å². The fourth-order valence-corrected chi connectivity index (χ4v) is 2.25. The molecular weight excluding hydrogens is 371 g/mol. The number of anilines is 1. The molecule has 2 aromatic carbocycles. The molecule has 0 unspecified atom stereocenters. The summed E-state index contributed by atoms with van der Waals surface area (Å²) in [6.45, 7) is 0.330. The summed E-state index contributed by atoms with van der Waals surface area (Å²) >= 11 is 8.98. The number of hydrogen-bond donors (Lipinski definition) is 1. The Morgan fingerprint density at radius 3 is 2.57 bits per heavy atom. The van der Waals surface area contributed by atoms with Crippen molar-refractivity contribution >= 4 is 33.2 Å². The van der Waals surface area contributed by atoms with Crippen molar-refractivity contribution in [2.75, 3.05) is 5.32 Å². The Bertz CT molecular complexity index is 634. The van der Waals surface area contributed by atoms with E-state index in [0.29, 0.717) is 16.0 Å². The molecule has 0 saturated heterocycles. The maximum absolute atomic E-state index is 12.4. The highest BCUT2D eigenvalue weighted by molar-refractivity contribution is 9.10. The summed E-state index contributed by atoms with van der Waals surface area (Å²) in [6.07, 6.45) is -4.74. The molecule has 2 aromatic rings. The number of hydrogen-bond acceptors (Lipinski definition) is 2. The first kappa shape index (κ1) is 16.0. The maximum Gasteiger partial charge on any atom is 0.573 e. The average Bonchev–Trinajstić information content (AvgIpc) is 2.36. The first-order valence-corrected chi connectivity index (χ1v) is 7.04. The van der Waals surface area contributed by atoms with Crippen LogP contribution in [-0.4, -0.2) is 6.36 Å². The van der Waals surface area contributed by atoms with Gasteiger partial charge < -0.3 is 10.1 Å². The summed E-state index contributed by atoms with van der Waals surface area (Å²) in [5.74, 6) is -0.293. The van der Waals surface area contributed by atoms with E-state index in [0.717, 1.165) is 5.56 Å². The molecule has 0 aromatic heterocycles. The van der Waals surface area contributed by atoms with Crippen molar-refractivity contribution in [3.8, 4) is 5.75 Å². The zero-order valence-electron chi connectivity index (χ0n) is 10.5. The van der Waals surface area contributed by atoms with E-state index < -0.39 is 6.36 Å². The van der Waals surface area contributed by atoms with Crippen molar-refractivity contribution in [1.82, 2.24) is 0 Å². The van der Waals surface area contributed by atoms with Crippen molar-refractivity contribution in [2.24, 2.45) is 0 Å². The second kappa shape index (κ2) is 6.58. The molecule has 0 bridgehead atoms. The number of halogens is 5. The van der Waals surface area contributed by atoms with Crippen LogP contribution in [0.4, 0.5) is 18.9 Å². The lowest BCUT2D eigenvalue weighted by Crippen LogP contribution is -2.18. The predicted molar refractivity (Wildman–Crippen MR) is 79.6 cm³/mol. The van der Waals surface area contributed by atoms with Crippen LogP contribution in [0.5, 0.6) is 5.75 Å². The lowest BCUT2D eigenvalue weighted by atomic mass is 10.2. The summed E-state index contributed by atoms with van der Waals surface area (Å²) < 4.78 is 41.7. The van der Waals surface area contributed by atoms with E-state index in [-0.39, 0.29) is 11.4 Å². The van der Waals surface area contributed by atoms with Gasteiger partial charge in [-0.1, -0.05) is 39.7 Å². The van der Waals surface area contributed by atoms with E-state index in [1.54, 1.807) is 24.3 Å². The van der Waals surface area contributed by atoms with Crippen LogP contribution in [0.25, 0.3) is 0 Å². The molecular formula is C14H10BrClF3NO. The van der Waals surface area contributed by atoms with Crippen LogP contribution in [0.2, 0.25) is 5.02 Å². The van der Waals surface area contributed by atoms with Crippen molar-refractivity contribution < 1.29 is 17.9 Å². The highest BCUT2D eigenvalue weighted by Crippen LogP contribution is 2.33. The van der Waals surface area contributed by atoms with E-state index in [9.17, 15) is 13.2 Å². The van der Waals surface area contributed by atoms with E-state index in [1.165, 1.54) is 12.1 Å². The van der Waals surface area contributed by atoms with Gasteiger partial charge >= 0.3 is 6.36 Å². The van der Waals surface area contributed by atoms with E-state index >= 15 is 0 Å². The van der Waals surface area contributed by atoms with Crippen molar-refractivity contribution in [3.05, 3.63) is 57.5 Å². The lowest BCUT2D eigenvalue weighted by molar-refractivity contribution is -0.274. The molecule has 112 valence electrons. The molecule has 21 heavy (non-hydrogen) atoms. The second-order valence-electron chi connectivity index (χ2n) is 4.17. The molecule has 0 saturated carbocycles. The highest BCUT2D eigenvalue weighted by Gasteiger charge is 2.32. The van der Waals surface area contributed by atoms with E-state index in [4.69, 9.17) is 11.6 Å². The van der Waals surface area contributed by atoms with Crippen LogP contribution in [0.15, 0.2) is 46.9 Å². The smallest absolute Gasteiger partial charge is 0.404 e. The van der Waals surface area contributed by atoms with Gasteiger partial charge in [-0.15, -0.1) is 13.2 Å². The molecule has 0 radical (unpaired) electrons. The summed E-state index contributed by atoms with van der Waals surface area (Å²) in [4.78, 5) is 0. The molecule has 7 heteroatoms. The molecule has 0 heterocycles. The largest absolute Gasteiger partial charge is 0.573 e. The first-order valence-electron chi connectivity index (χ1n) is 5.87. The van der Waals surface area contributed by atoms with Gasteiger partial charge in [0.05, 0.1) is 5.69 Å². The van der Waals surface area contributed by atoms with Gasteiger partial charge in [-0.05, 0) is 35.9 Å². The molecule has 1 N–H and O–H groups in total. The third-order valence-corrected chi connectivity index (χ3v) is 3.27. The predicted octanol–water partition coefficient (Wildman–Crippen LogP) is 5.61. The van der Waals surface area contributed by atoms with Crippen molar-refractivity contribution in [2.45, 2.75) is 12.9 Å². The molecule has 2 rings (SSSR count). The molecule has 0 aliphatic rings. The van der Waals surface area contributed by atoms with Gasteiger partial charge in [-0.25, -0.2) is 0 Å². The van der Waals surface area contributed by atoms with Gasteiger partial charge in [0, 0.05) is 16.0 Å². The second-order valence-corrected chi connectivity index (χ2v) is 5.52. The normalized spacial score (nSPS) is 11.3. The fraction of sp³-hybridized carbons (Fsp3) is 0.143. The van der Waals surface area contributed by atoms with E-state index in [1.807, 2.05) is 6.07 Å². The minimum atomic E-state index is -4.74. The first-order chi connectivity index (χ1) is 9.83. The van der Waals surface area contributed by atoms with Crippen LogP contribution in [-0.2, 0) is 6.54 Å². The monoisotopic (exact) mass is 379 g/mol. The molecule has 0 aliphatic carbocycles. The van der Waals surface area contributed by atoms with Crippen LogP contribution >= 0.6 is 27.5 Å². The van der Waals surface area contributed by atoms with E-state index in [2.05, 4.69) is 26.0 Å². The molecule has 2 nitrogen and oxygen atoms in total. The third kappa shape index (κ3) is 5.13. The minimum Gasteiger partial charge on any atom is -0.404 e. The van der Waals surface area contributed by atoms with Gasteiger partial charge in [0.1, 0.15) is 0 Å². The zero-order chi connectivity index (χ0) is 15.5. The number of nitrogens with one attached hydrogen (secondary N) is 1. The summed E-state index contributed by atoms with van der Waals surface area (Å²) in [7, 11) is 0. The Morgan fingerprint density at radius 1 is 1.14 bits per heavy atom. The number of rotatable bonds is 4. The molecule has 0 fully saturated rings. The summed E-state index contributed by atoms with van der Waals surface area (Å²) in [6, 6.07) is 11.4. The van der Waals surface area contributed by atoms with Gasteiger partial charge in [-0.2, -0.15) is 0 Å². The summed E-state index contributed by atoms with van der Waals surface area (Å²) in [5, 5.41) is 3.47. The number of alkyl halides is 3. The average molecular weight is 381 g/mol. The van der Waals surface area contributed by atoms with Crippen LogP contribution < -0.4 is 10.1 Å². The minimum absolute atomic E-state index is 0.246. The van der Waals surface area contributed by atoms with Crippen LogP contribution in [0.3, 0.4) is 0 Å². The quantitative estimate of drug-likeness (QED) is 0.744. The Hall–Kier alpha value is -1.40.